The summed E-state index contributed by atoms with van der Waals surface area (Å²) in [5.74, 6) is 2.58. The van der Waals surface area contributed by atoms with Crippen molar-refractivity contribution in [2.24, 2.45) is 0 Å². The predicted molar refractivity (Wildman–Crippen MR) is 111 cm³/mol. The van der Waals surface area contributed by atoms with Crippen molar-refractivity contribution in [1.29, 1.82) is 0 Å². The van der Waals surface area contributed by atoms with Crippen LogP contribution in [0.25, 0.3) is 0 Å². The molecule has 2 aromatic carbocycles. The molecule has 0 saturated carbocycles. The van der Waals surface area contributed by atoms with Gasteiger partial charge in [-0.05, 0) is 24.3 Å². The number of rotatable bonds is 6. The van der Waals surface area contributed by atoms with Gasteiger partial charge in [0.15, 0.2) is 17.6 Å². The zero-order chi connectivity index (χ0) is 20.9. The van der Waals surface area contributed by atoms with Crippen molar-refractivity contribution in [1.82, 2.24) is 9.78 Å². The monoisotopic (exact) mass is 410 g/mol. The van der Waals surface area contributed by atoms with Crippen LogP contribution in [0.3, 0.4) is 0 Å². The molecular formula is C21H22N4O5. The summed E-state index contributed by atoms with van der Waals surface area (Å²) in [4.78, 5) is 12.4. The molecule has 156 valence electrons. The molecule has 0 aliphatic carbocycles. The Balaban J connectivity index is 1.34. The number of aromatic nitrogens is 2. The first-order chi connectivity index (χ1) is 14.6. The van der Waals surface area contributed by atoms with Crippen LogP contribution in [0.4, 0.5) is 16.2 Å². The first-order valence-corrected chi connectivity index (χ1v) is 9.35. The van der Waals surface area contributed by atoms with E-state index in [4.69, 9.17) is 18.9 Å². The van der Waals surface area contributed by atoms with E-state index in [-0.39, 0.29) is 6.10 Å². The Bertz CT molecular complexity index is 1040. The highest BCUT2D eigenvalue weighted by Gasteiger charge is 2.21. The van der Waals surface area contributed by atoms with Gasteiger partial charge in [-0.1, -0.05) is 12.1 Å². The molecule has 2 heterocycles. The minimum Gasteiger partial charge on any atom is -0.497 e. The van der Waals surface area contributed by atoms with Crippen LogP contribution in [-0.4, -0.2) is 42.7 Å². The number of nitrogens with zero attached hydrogens (tertiary/aromatic N) is 2. The van der Waals surface area contributed by atoms with E-state index < -0.39 is 6.03 Å². The van der Waals surface area contributed by atoms with E-state index in [2.05, 4.69) is 15.7 Å². The number of para-hydroxylation sites is 2. The van der Waals surface area contributed by atoms with Crippen molar-refractivity contribution in [2.75, 3.05) is 31.5 Å². The highest BCUT2D eigenvalue weighted by Crippen LogP contribution is 2.31. The molecular weight excluding hydrogens is 388 g/mol. The molecule has 1 atom stereocenters. The van der Waals surface area contributed by atoms with Crippen LogP contribution >= 0.6 is 0 Å². The van der Waals surface area contributed by atoms with E-state index in [9.17, 15) is 4.79 Å². The van der Waals surface area contributed by atoms with E-state index in [1.165, 1.54) is 7.11 Å². The highest BCUT2D eigenvalue weighted by atomic mass is 16.6. The van der Waals surface area contributed by atoms with E-state index in [0.29, 0.717) is 41.8 Å². The number of methoxy groups -OCH3 is 2. The number of nitrogens with one attached hydrogen (secondary N) is 2. The van der Waals surface area contributed by atoms with Crippen molar-refractivity contribution in [3.63, 3.8) is 0 Å². The maximum atomic E-state index is 12.4. The molecule has 0 radical (unpaired) electrons. The number of urea groups is 1. The Morgan fingerprint density at radius 3 is 2.80 bits per heavy atom. The Morgan fingerprint density at radius 1 is 1.17 bits per heavy atom. The largest absolute Gasteiger partial charge is 0.497 e. The molecule has 0 fully saturated rings. The number of fused-ring (bicyclic) bond motifs is 1. The molecule has 1 aromatic heterocycles. The number of carbonyl (C=O) groups is 1. The average Bonchev–Trinajstić information content (AvgIpc) is 3.20. The summed E-state index contributed by atoms with van der Waals surface area (Å²) < 4.78 is 23.8. The second-order valence-electron chi connectivity index (χ2n) is 6.59. The Labute approximate surface area is 173 Å². The second kappa shape index (κ2) is 8.64. The summed E-state index contributed by atoms with van der Waals surface area (Å²) in [6.45, 7) is 0.918. The van der Waals surface area contributed by atoms with E-state index in [1.807, 2.05) is 24.3 Å². The molecule has 1 unspecified atom stereocenters. The molecule has 9 nitrogen and oxygen atoms in total. The van der Waals surface area contributed by atoms with Crippen molar-refractivity contribution in [3.05, 3.63) is 54.9 Å². The predicted octanol–water partition coefficient (Wildman–Crippen LogP) is 3.38. The molecule has 3 aromatic rings. The van der Waals surface area contributed by atoms with Crippen LogP contribution in [0.1, 0.15) is 0 Å². The normalized spacial score (nSPS) is 14.7. The van der Waals surface area contributed by atoms with E-state index >= 15 is 0 Å². The lowest BCUT2D eigenvalue weighted by Gasteiger charge is -2.26. The van der Waals surface area contributed by atoms with Crippen molar-refractivity contribution in [2.45, 2.75) is 12.6 Å². The molecule has 0 bridgehead atoms. The van der Waals surface area contributed by atoms with Crippen molar-refractivity contribution in [3.8, 4) is 23.0 Å². The van der Waals surface area contributed by atoms with Gasteiger partial charge in [0.1, 0.15) is 18.1 Å². The topological polar surface area (TPSA) is 95.9 Å². The molecule has 30 heavy (non-hydrogen) atoms. The van der Waals surface area contributed by atoms with Gasteiger partial charge in [-0.25, -0.2) is 4.79 Å². The SMILES string of the molecule is COc1ccc(NC(=O)Nc2cnn(CC3COc4ccccc4O3)c2)c(OC)c1. The third-order valence-corrected chi connectivity index (χ3v) is 4.51. The summed E-state index contributed by atoms with van der Waals surface area (Å²) in [6, 6.07) is 12.3. The first-order valence-electron chi connectivity index (χ1n) is 9.35. The molecule has 9 heteroatoms. The molecule has 1 aliphatic rings. The van der Waals surface area contributed by atoms with Gasteiger partial charge in [0.25, 0.3) is 0 Å². The number of amides is 2. The van der Waals surface area contributed by atoms with Crippen LogP contribution in [0, 0.1) is 0 Å². The van der Waals surface area contributed by atoms with Crippen molar-refractivity contribution < 1.29 is 23.7 Å². The smallest absolute Gasteiger partial charge is 0.323 e. The van der Waals surface area contributed by atoms with Gasteiger partial charge in [-0.15, -0.1) is 0 Å². The molecule has 2 N–H and O–H groups in total. The summed E-state index contributed by atoms with van der Waals surface area (Å²) in [5.41, 5.74) is 1.08. The third-order valence-electron chi connectivity index (χ3n) is 4.51. The molecule has 4 rings (SSSR count). The summed E-state index contributed by atoms with van der Waals surface area (Å²) in [5, 5.41) is 9.78. The summed E-state index contributed by atoms with van der Waals surface area (Å²) in [6.07, 6.45) is 3.13. The van der Waals surface area contributed by atoms with Gasteiger partial charge in [-0.3, -0.25) is 4.68 Å². The third kappa shape index (κ3) is 4.40. The fourth-order valence-electron chi connectivity index (χ4n) is 3.08. The maximum Gasteiger partial charge on any atom is 0.323 e. The number of hydrogen-bond donors (Lipinski definition) is 2. The fraction of sp³-hybridized carbons (Fsp3) is 0.238. The van der Waals surface area contributed by atoms with Crippen LogP contribution in [0.15, 0.2) is 54.9 Å². The number of benzene rings is 2. The zero-order valence-electron chi connectivity index (χ0n) is 16.6. The number of ether oxygens (including phenoxy) is 4. The molecule has 0 saturated heterocycles. The van der Waals surface area contributed by atoms with Crippen molar-refractivity contribution >= 4 is 17.4 Å². The standard InChI is InChI=1S/C21H22N4O5/c1-27-15-7-8-17(20(9-15)28-2)24-21(26)23-14-10-22-25(11-14)12-16-13-29-18-5-3-4-6-19(18)30-16/h3-11,16H,12-13H2,1-2H3,(H2,23,24,26). The minimum absolute atomic E-state index is 0.176. The van der Waals surface area contributed by atoms with Gasteiger partial charge in [0, 0.05) is 12.3 Å². The summed E-state index contributed by atoms with van der Waals surface area (Å²) >= 11 is 0. The molecule has 0 spiro atoms. The Morgan fingerprint density at radius 2 is 2.00 bits per heavy atom. The average molecular weight is 410 g/mol. The van der Waals surface area contributed by atoms with E-state index in [0.717, 1.165) is 5.75 Å². The van der Waals surface area contributed by atoms with Gasteiger partial charge >= 0.3 is 6.03 Å². The lowest BCUT2D eigenvalue weighted by molar-refractivity contribution is 0.0759. The number of anilines is 2. The number of hydrogen-bond acceptors (Lipinski definition) is 6. The highest BCUT2D eigenvalue weighted by molar-refractivity contribution is 6.00. The van der Waals surface area contributed by atoms with Crippen LogP contribution in [0.5, 0.6) is 23.0 Å². The zero-order valence-corrected chi connectivity index (χ0v) is 16.6. The van der Waals surface area contributed by atoms with Gasteiger partial charge < -0.3 is 29.6 Å². The minimum atomic E-state index is -0.413. The quantitative estimate of drug-likeness (QED) is 0.647. The molecule has 1 aliphatic heterocycles. The van der Waals surface area contributed by atoms with Gasteiger partial charge in [-0.2, -0.15) is 5.10 Å². The number of carbonyl (C=O) groups excluding carboxylic acids is 1. The van der Waals surface area contributed by atoms with Gasteiger partial charge in [0.2, 0.25) is 0 Å². The lowest BCUT2D eigenvalue weighted by Crippen LogP contribution is -2.33. The van der Waals surface area contributed by atoms with Gasteiger partial charge in [0.05, 0.1) is 38.3 Å². The lowest BCUT2D eigenvalue weighted by atomic mass is 10.2. The summed E-state index contributed by atoms with van der Waals surface area (Å²) in [7, 11) is 3.09. The van der Waals surface area contributed by atoms with Crippen LogP contribution in [0.2, 0.25) is 0 Å². The fourth-order valence-corrected chi connectivity index (χ4v) is 3.08. The molecule has 2 amide bonds. The Kier molecular flexibility index (Phi) is 5.60. The maximum absolute atomic E-state index is 12.4. The Hall–Kier alpha value is -3.88. The first kappa shape index (κ1) is 19.4. The van der Waals surface area contributed by atoms with Crippen LogP contribution in [-0.2, 0) is 6.54 Å². The second-order valence-corrected chi connectivity index (χ2v) is 6.59. The van der Waals surface area contributed by atoms with Crippen LogP contribution < -0.4 is 29.6 Å². The van der Waals surface area contributed by atoms with E-state index in [1.54, 1.807) is 42.4 Å².